The molecule has 1 heterocycles. The molecule has 4 aromatic rings. The lowest BCUT2D eigenvalue weighted by Gasteiger charge is -2.22. The number of methoxy groups -OCH3 is 2. The number of ether oxygens (including phenoxy) is 2. The van der Waals surface area contributed by atoms with Crippen molar-refractivity contribution in [3.63, 3.8) is 0 Å². The third kappa shape index (κ3) is 6.26. The van der Waals surface area contributed by atoms with Crippen LogP contribution in [-0.2, 0) is 11.3 Å². The summed E-state index contributed by atoms with van der Waals surface area (Å²) in [4.78, 5) is 19.4. The van der Waals surface area contributed by atoms with Crippen LogP contribution in [-0.4, -0.2) is 38.3 Å². The van der Waals surface area contributed by atoms with Crippen molar-refractivity contribution >= 4 is 28.1 Å². The molecule has 0 fully saturated rings. The summed E-state index contributed by atoms with van der Waals surface area (Å²) in [6, 6.07) is 24.0. The van der Waals surface area contributed by atoms with Crippen LogP contribution >= 0.6 is 11.3 Å². The first-order valence-electron chi connectivity index (χ1n) is 11.4. The Morgan fingerprint density at radius 1 is 0.971 bits per heavy atom. The van der Waals surface area contributed by atoms with Gasteiger partial charge in [0.25, 0.3) is 5.91 Å². The minimum Gasteiger partial charge on any atom is -0.497 e. The summed E-state index contributed by atoms with van der Waals surface area (Å²) in [7, 11) is 3.27. The number of aryl methyl sites for hydroxylation is 1. The molecule has 0 bridgehead atoms. The topological polar surface area (TPSA) is 63.7 Å². The monoisotopic (exact) mass is 487 g/mol. The fraction of sp³-hybridized carbons (Fsp3) is 0.214. The van der Waals surface area contributed by atoms with Crippen LogP contribution < -0.4 is 15.0 Å². The molecule has 35 heavy (non-hydrogen) atoms. The van der Waals surface area contributed by atoms with Crippen LogP contribution in [0.25, 0.3) is 11.3 Å². The molecule has 0 saturated heterocycles. The van der Waals surface area contributed by atoms with Crippen LogP contribution in [0.1, 0.15) is 21.5 Å². The van der Waals surface area contributed by atoms with Crippen molar-refractivity contribution in [2.75, 3.05) is 32.3 Å². The van der Waals surface area contributed by atoms with Crippen molar-refractivity contribution in [1.82, 2.24) is 10.3 Å². The second kappa shape index (κ2) is 11.6. The number of aromatic nitrogens is 1. The third-order valence-corrected chi connectivity index (χ3v) is 6.47. The van der Waals surface area contributed by atoms with E-state index in [9.17, 15) is 4.79 Å². The largest absolute Gasteiger partial charge is 0.497 e. The smallest absolute Gasteiger partial charge is 0.251 e. The highest BCUT2D eigenvalue weighted by Crippen LogP contribution is 2.34. The Kier molecular flexibility index (Phi) is 8.13. The van der Waals surface area contributed by atoms with Gasteiger partial charge in [-0.05, 0) is 48.9 Å². The van der Waals surface area contributed by atoms with E-state index in [4.69, 9.17) is 14.5 Å². The Balaban J connectivity index is 1.58. The van der Waals surface area contributed by atoms with Crippen LogP contribution in [0, 0.1) is 6.92 Å². The standard InChI is InChI=1S/C28H29N3O3S/c1-20-4-8-22(9-5-20)26-19-35-28(30-26)31(24-12-14-25(34-3)15-13-24)18-21-6-10-23(11-7-21)27(32)29-16-17-33-2/h4-15,19H,16-18H2,1-3H3,(H,29,32). The second-order valence-corrected chi connectivity index (χ2v) is 8.95. The predicted molar refractivity (Wildman–Crippen MR) is 142 cm³/mol. The van der Waals surface area contributed by atoms with Crippen molar-refractivity contribution in [1.29, 1.82) is 0 Å². The summed E-state index contributed by atoms with van der Waals surface area (Å²) in [5.74, 6) is 0.695. The normalized spacial score (nSPS) is 10.7. The van der Waals surface area contributed by atoms with Gasteiger partial charge in [-0.1, -0.05) is 42.0 Å². The molecule has 6 nitrogen and oxygen atoms in total. The van der Waals surface area contributed by atoms with Gasteiger partial charge < -0.3 is 19.7 Å². The number of anilines is 2. The fourth-order valence-electron chi connectivity index (χ4n) is 3.59. The second-order valence-electron chi connectivity index (χ2n) is 8.11. The van der Waals surface area contributed by atoms with E-state index in [0.717, 1.165) is 33.4 Å². The Labute approximate surface area is 210 Å². The molecule has 3 aromatic carbocycles. The fourth-order valence-corrected chi connectivity index (χ4v) is 4.44. The van der Waals surface area contributed by atoms with Crippen molar-refractivity contribution in [2.24, 2.45) is 0 Å². The lowest BCUT2D eigenvalue weighted by molar-refractivity contribution is 0.0937. The van der Waals surface area contributed by atoms with Gasteiger partial charge in [0, 0.05) is 35.8 Å². The highest BCUT2D eigenvalue weighted by molar-refractivity contribution is 7.14. The molecule has 4 rings (SSSR count). The number of rotatable bonds is 10. The van der Waals surface area contributed by atoms with Crippen LogP contribution in [0.5, 0.6) is 5.75 Å². The Hall–Kier alpha value is -3.68. The van der Waals surface area contributed by atoms with Crippen molar-refractivity contribution in [3.8, 4) is 17.0 Å². The maximum atomic E-state index is 12.3. The number of hydrogen-bond donors (Lipinski definition) is 1. The number of amides is 1. The van der Waals surface area contributed by atoms with Gasteiger partial charge in [-0.3, -0.25) is 4.79 Å². The average Bonchev–Trinajstić information content (AvgIpc) is 3.38. The van der Waals surface area contributed by atoms with Gasteiger partial charge in [0.2, 0.25) is 0 Å². The van der Waals surface area contributed by atoms with Crippen LogP contribution in [0.4, 0.5) is 10.8 Å². The number of carbonyl (C=O) groups is 1. The molecule has 0 unspecified atom stereocenters. The van der Waals surface area contributed by atoms with E-state index in [2.05, 4.69) is 46.8 Å². The van der Waals surface area contributed by atoms with E-state index in [0.29, 0.717) is 25.3 Å². The molecule has 1 amide bonds. The minimum absolute atomic E-state index is 0.108. The molecule has 180 valence electrons. The first-order valence-corrected chi connectivity index (χ1v) is 12.3. The van der Waals surface area contributed by atoms with Crippen molar-refractivity contribution < 1.29 is 14.3 Å². The molecule has 0 atom stereocenters. The predicted octanol–water partition coefficient (Wildman–Crippen LogP) is 5.84. The summed E-state index contributed by atoms with van der Waals surface area (Å²) >= 11 is 1.61. The lowest BCUT2D eigenvalue weighted by atomic mass is 10.1. The molecule has 0 aliphatic rings. The zero-order valence-electron chi connectivity index (χ0n) is 20.2. The van der Waals surface area contributed by atoms with Crippen LogP contribution in [0.15, 0.2) is 78.2 Å². The zero-order valence-corrected chi connectivity index (χ0v) is 21.0. The Morgan fingerprint density at radius 3 is 2.34 bits per heavy atom. The molecular weight excluding hydrogens is 458 g/mol. The number of hydrogen-bond acceptors (Lipinski definition) is 6. The molecule has 1 N–H and O–H groups in total. The maximum Gasteiger partial charge on any atom is 0.251 e. The summed E-state index contributed by atoms with van der Waals surface area (Å²) in [6.45, 7) is 3.66. The van der Waals surface area contributed by atoms with Crippen LogP contribution in [0.3, 0.4) is 0 Å². The SMILES string of the molecule is COCCNC(=O)c1ccc(CN(c2ccc(OC)cc2)c2nc(-c3ccc(C)cc3)cs2)cc1. The van der Waals surface area contributed by atoms with Crippen LogP contribution in [0.2, 0.25) is 0 Å². The van der Waals surface area contributed by atoms with Gasteiger partial charge in [-0.2, -0.15) is 0 Å². The number of nitrogens with zero attached hydrogens (tertiary/aromatic N) is 2. The van der Waals surface area contributed by atoms with E-state index < -0.39 is 0 Å². The van der Waals surface area contributed by atoms with E-state index in [1.165, 1.54) is 5.56 Å². The van der Waals surface area contributed by atoms with E-state index in [-0.39, 0.29) is 5.91 Å². The van der Waals surface area contributed by atoms with Gasteiger partial charge in [0.05, 0.1) is 26.0 Å². The van der Waals surface area contributed by atoms with Crippen molar-refractivity contribution in [3.05, 3.63) is 94.9 Å². The maximum absolute atomic E-state index is 12.3. The minimum atomic E-state index is -0.108. The first kappa shape index (κ1) is 24.4. The quantitative estimate of drug-likeness (QED) is 0.285. The van der Waals surface area contributed by atoms with E-state index in [1.54, 1.807) is 25.6 Å². The van der Waals surface area contributed by atoms with Crippen molar-refractivity contribution in [2.45, 2.75) is 13.5 Å². The average molecular weight is 488 g/mol. The van der Waals surface area contributed by atoms with Gasteiger partial charge in [0.15, 0.2) is 5.13 Å². The van der Waals surface area contributed by atoms with Gasteiger partial charge in [-0.15, -0.1) is 11.3 Å². The van der Waals surface area contributed by atoms with E-state index in [1.807, 2.05) is 48.5 Å². The summed E-state index contributed by atoms with van der Waals surface area (Å²) in [5.41, 5.74) is 5.97. The third-order valence-electron chi connectivity index (χ3n) is 5.60. The number of thiazole rings is 1. The lowest BCUT2D eigenvalue weighted by Crippen LogP contribution is -2.26. The molecule has 0 aliphatic heterocycles. The summed E-state index contributed by atoms with van der Waals surface area (Å²) in [6.07, 6.45) is 0. The molecule has 7 heteroatoms. The molecule has 0 aliphatic carbocycles. The summed E-state index contributed by atoms with van der Waals surface area (Å²) < 4.78 is 10.3. The molecule has 1 aromatic heterocycles. The molecule has 0 radical (unpaired) electrons. The first-order chi connectivity index (χ1) is 17.1. The molecule has 0 saturated carbocycles. The highest BCUT2D eigenvalue weighted by atomic mass is 32.1. The zero-order chi connectivity index (χ0) is 24.6. The van der Waals surface area contributed by atoms with Gasteiger partial charge in [-0.25, -0.2) is 4.98 Å². The van der Waals surface area contributed by atoms with Gasteiger partial charge >= 0.3 is 0 Å². The van der Waals surface area contributed by atoms with E-state index >= 15 is 0 Å². The number of benzene rings is 3. The highest BCUT2D eigenvalue weighted by Gasteiger charge is 2.16. The van der Waals surface area contributed by atoms with Gasteiger partial charge in [0.1, 0.15) is 5.75 Å². The molecule has 0 spiro atoms. The number of nitrogens with one attached hydrogen (secondary N) is 1. The Morgan fingerprint density at radius 2 is 1.69 bits per heavy atom. The summed E-state index contributed by atoms with van der Waals surface area (Å²) in [5, 5.41) is 5.83. The number of carbonyl (C=O) groups excluding carboxylic acids is 1. The Bertz CT molecular complexity index is 1240. The molecular formula is C28H29N3O3S.